The van der Waals surface area contributed by atoms with Crippen molar-refractivity contribution in [3.63, 3.8) is 0 Å². The van der Waals surface area contributed by atoms with E-state index in [0.717, 1.165) is 23.1 Å². The van der Waals surface area contributed by atoms with Gasteiger partial charge in [0.25, 0.3) is 0 Å². The molecule has 0 saturated carbocycles. The minimum absolute atomic E-state index is 0.0178. The highest BCUT2D eigenvalue weighted by molar-refractivity contribution is 6.33. The van der Waals surface area contributed by atoms with Gasteiger partial charge in [-0.3, -0.25) is 0 Å². The highest BCUT2D eigenvalue weighted by Gasteiger charge is 2.08. The summed E-state index contributed by atoms with van der Waals surface area (Å²) in [7, 11) is 0. The van der Waals surface area contributed by atoms with E-state index in [1.165, 1.54) is 12.1 Å². The van der Waals surface area contributed by atoms with Crippen molar-refractivity contribution < 1.29 is 4.39 Å². The van der Waals surface area contributed by atoms with Crippen molar-refractivity contribution in [2.45, 2.75) is 19.4 Å². The van der Waals surface area contributed by atoms with Crippen LogP contribution in [0.4, 0.5) is 4.39 Å². The monoisotopic (exact) mass is 263 g/mol. The van der Waals surface area contributed by atoms with E-state index in [0.29, 0.717) is 5.02 Å². The first-order chi connectivity index (χ1) is 8.61. The van der Waals surface area contributed by atoms with Gasteiger partial charge in [-0.2, -0.15) is 0 Å². The Morgan fingerprint density at radius 1 is 1.22 bits per heavy atom. The molecular weight excluding hydrogens is 249 g/mol. The molecule has 0 aromatic heterocycles. The van der Waals surface area contributed by atoms with Gasteiger partial charge in [-0.05, 0) is 41.8 Å². The van der Waals surface area contributed by atoms with Gasteiger partial charge in [0.1, 0.15) is 5.82 Å². The Hall–Kier alpha value is -1.38. The lowest BCUT2D eigenvalue weighted by atomic mass is 9.99. The molecule has 2 rings (SSSR count). The van der Waals surface area contributed by atoms with E-state index in [2.05, 4.69) is 0 Å². The molecule has 0 aliphatic carbocycles. The molecule has 3 heteroatoms. The third kappa shape index (κ3) is 2.71. The molecule has 0 amide bonds. The van der Waals surface area contributed by atoms with Gasteiger partial charge in [-0.15, -0.1) is 0 Å². The van der Waals surface area contributed by atoms with Crippen LogP contribution in [0.15, 0.2) is 42.5 Å². The summed E-state index contributed by atoms with van der Waals surface area (Å²) in [4.78, 5) is 0. The molecule has 0 aliphatic rings. The summed E-state index contributed by atoms with van der Waals surface area (Å²) < 4.78 is 13.0. The van der Waals surface area contributed by atoms with Crippen molar-refractivity contribution in [3.8, 4) is 11.1 Å². The SMILES string of the molecule is CCC(N)c1cccc(-c2ccc(F)cc2Cl)c1. The molecular formula is C15H15ClFN. The Balaban J connectivity index is 2.44. The Kier molecular flexibility index (Phi) is 4.00. The van der Waals surface area contributed by atoms with Crippen molar-refractivity contribution in [3.05, 3.63) is 58.9 Å². The van der Waals surface area contributed by atoms with Crippen molar-refractivity contribution in [1.29, 1.82) is 0 Å². The fourth-order valence-corrected chi connectivity index (χ4v) is 2.17. The normalized spacial score (nSPS) is 12.4. The summed E-state index contributed by atoms with van der Waals surface area (Å²) in [6.45, 7) is 2.04. The van der Waals surface area contributed by atoms with E-state index in [4.69, 9.17) is 17.3 Å². The van der Waals surface area contributed by atoms with Crippen LogP contribution in [0, 0.1) is 5.82 Å². The second-order valence-corrected chi connectivity index (χ2v) is 4.67. The van der Waals surface area contributed by atoms with Crippen LogP contribution in [0.1, 0.15) is 24.9 Å². The Bertz CT molecular complexity index is 554. The average molecular weight is 264 g/mol. The number of benzene rings is 2. The molecule has 0 radical (unpaired) electrons. The predicted octanol–water partition coefficient (Wildman–Crippen LogP) is 4.56. The second kappa shape index (κ2) is 5.51. The lowest BCUT2D eigenvalue weighted by Gasteiger charge is -2.11. The summed E-state index contributed by atoms with van der Waals surface area (Å²) in [5, 5.41) is 0.414. The molecule has 94 valence electrons. The van der Waals surface area contributed by atoms with Crippen LogP contribution >= 0.6 is 11.6 Å². The smallest absolute Gasteiger partial charge is 0.124 e. The molecule has 0 saturated heterocycles. The lowest BCUT2D eigenvalue weighted by molar-refractivity contribution is 0.628. The van der Waals surface area contributed by atoms with Gasteiger partial charge < -0.3 is 5.73 Å². The summed E-state index contributed by atoms with van der Waals surface area (Å²) in [5.74, 6) is -0.329. The van der Waals surface area contributed by atoms with E-state index < -0.39 is 0 Å². The molecule has 0 fully saturated rings. The van der Waals surface area contributed by atoms with Gasteiger partial charge in [0.15, 0.2) is 0 Å². The summed E-state index contributed by atoms with van der Waals surface area (Å²) in [5.41, 5.74) is 8.86. The van der Waals surface area contributed by atoms with Crippen molar-refractivity contribution in [2.24, 2.45) is 5.73 Å². The van der Waals surface area contributed by atoms with E-state index >= 15 is 0 Å². The zero-order valence-electron chi connectivity index (χ0n) is 10.2. The largest absolute Gasteiger partial charge is 0.324 e. The van der Waals surface area contributed by atoms with Crippen LogP contribution in [0.25, 0.3) is 11.1 Å². The number of rotatable bonds is 3. The summed E-state index contributed by atoms with van der Waals surface area (Å²) in [6.07, 6.45) is 0.876. The van der Waals surface area contributed by atoms with Gasteiger partial charge in [0.05, 0.1) is 5.02 Å². The molecule has 0 bridgehead atoms. The van der Waals surface area contributed by atoms with Gasteiger partial charge >= 0.3 is 0 Å². The highest BCUT2D eigenvalue weighted by atomic mass is 35.5. The maximum Gasteiger partial charge on any atom is 0.124 e. The first kappa shape index (κ1) is 13.1. The topological polar surface area (TPSA) is 26.0 Å². The van der Waals surface area contributed by atoms with Crippen LogP contribution in [-0.2, 0) is 0 Å². The average Bonchev–Trinajstić information content (AvgIpc) is 2.38. The van der Waals surface area contributed by atoms with Gasteiger partial charge in [0.2, 0.25) is 0 Å². The second-order valence-electron chi connectivity index (χ2n) is 4.26. The fourth-order valence-electron chi connectivity index (χ4n) is 1.90. The van der Waals surface area contributed by atoms with E-state index in [1.807, 2.05) is 31.2 Å². The van der Waals surface area contributed by atoms with Gasteiger partial charge in [0, 0.05) is 11.6 Å². The van der Waals surface area contributed by atoms with Crippen LogP contribution < -0.4 is 5.73 Å². The first-order valence-electron chi connectivity index (χ1n) is 5.92. The van der Waals surface area contributed by atoms with E-state index in [9.17, 15) is 4.39 Å². The highest BCUT2D eigenvalue weighted by Crippen LogP contribution is 2.30. The van der Waals surface area contributed by atoms with Gasteiger partial charge in [-0.1, -0.05) is 36.7 Å². The molecule has 0 heterocycles. The molecule has 2 N–H and O–H groups in total. The number of hydrogen-bond acceptors (Lipinski definition) is 1. The van der Waals surface area contributed by atoms with Crippen LogP contribution in [-0.4, -0.2) is 0 Å². The van der Waals surface area contributed by atoms with Crippen LogP contribution in [0.3, 0.4) is 0 Å². The molecule has 18 heavy (non-hydrogen) atoms. The third-order valence-corrected chi connectivity index (χ3v) is 3.31. The van der Waals surface area contributed by atoms with Crippen LogP contribution in [0.2, 0.25) is 5.02 Å². The minimum Gasteiger partial charge on any atom is -0.324 e. The maximum absolute atomic E-state index is 13.0. The minimum atomic E-state index is -0.329. The van der Waals surface area contributed by atoms with Crippen molar-refractivity contribution in [2.75, 3.05) is 0 Å². The quantitative estimate of drug-likeness (QED) is 0.863. The molecule has 1 atom stereocenters. The number of halogens is 2. The Morgan fingerprint density at radius 3 is 2.67 bits per heavy atom. The zero-order valence-corrected chi connectivity index (χ0v) is 10.9. The van der Waals surface area contributed by atoms with E-state index in [1.54, 1.807) is 6.07 Å². The predicted molar refractivity (Wildman–Crippen MR) is 74.1 cm³/mol. The van der Waals surface area contributed by atoms with Crippen molar-refractivity contribution in [1.82, 2.24) is 0 Å². The lowest BCUT2D eigenvalue weighted by Crippen LogP contribution is -2.08. The van der Waals surface area contributed by atoms with Crippen LogP contribution in [0.5, 0.6) is 0 Å². The molecule has 2 aromatic carbocycles. The molecule has 0 aliphatic heterocycles. The van der Waals surface area contributed by atoms with Gasteiger partial charge in [-0.25, -0.2) is 4.39 Å². The number of hydrogen-bond donors (Lipinski definition) is 1. The van der Waals surface area contributed by atoms with E-state index in [-0.39, 0.29) is 11.9 Å². The standard InChI is InChI=1S/C15H15ClFN/c1-2-15(18)11-5-3-4-10(8-11)13-7-6-12(17)9-14(13)16/h3-9,15H,2,18H2,1H3. The molecule has 1 nitrogen and oxygen atoms in total. The maximum atomic E-state index is 13.0. The summed E-state index contributed by atoms with van der Waals surface area (Å²) in [6, 6.07) is 12.3. The summed E-state index contributed by atoms with van der Waals surface area (Å²) >= 11 is 6.06. The zero-order chi connectivity index (χ0) is 13.1. The first-order valence-corrected chi connectivity index (χ1v) is 6.30. The molecule has 1 unspecified atom stereocenters. The third-order valence-electron chi connectivity index (χ3n) is 3.00. The Labute approximate surface area is 111 Å². The molecule has 2 aromatic rings. The molecule has 0 spiro atoms. The fraction of sp³-hybridized carbons (Fsp3) is 0.200. The Morgan fingerprint density at radius 2 is 2.00 bits per heavy atom. The van der Waals surface area contributed by atoms with Crippen molar-refractivity contribution >= 4 is 11.6 Å². The number of nitrogens with two attached hydrogens (primary N) is 1.